The standard InChI is InChI=1S/C12H20N4O2/c1-8-9-12(15(4)10(17)14(9)3)6-5-7-16(12)11(18)13(8)2/h8-9H,5-7H2,1-4H3. The van der Waals surface area contributed by atoms with E-state index in [-0.39, 0.29) is 24.1 Å². The van der Waals surface area contributed by atoms with Gasteiger partial charge in [0.05, 0.1) is 12.1 Å². The lowest BCUT2D eigenvalue weighted by atomic mass is 9.89. The van der Waals surface area contributed by atoms with Gasteiger partial charge >= 0.3 is 12.1 Å². The predicted molar refractivity (Wildman–Crippen MR) is 66.0 cm³/mol. The Hall–Kier alpha value is -1.46. The number of likely N-dealkylation sites (N-methyl/N-ethyl adjacent to an activating group) is 3. The molecule has 3 fully saturated rings. The van der Waals surface area contributed by atoms with Gasteiger partial charge in [-0.15, -0.1) is 0 Å². The Morgan fingerprint density at radius 2 is 1.78 bits per heavy atom. The number of amides is 4. The van der Waals surface area contributed by atoms with E-state index in [1.165, 1.54) is 0 Å². The van der Waals surface area contributed by atoms with Crippen molar-refractivity contribution in [3.8, 4) is 0 Å². The van der Waals surface area contributed by atoms with E-state index >= 15 is 0 Å². The molecule has 3 saturated heterocycles. The van der Waals surface area contributed by atoms with Crippen molar-refractivity contribution in [1.29, 1.82) is 0 Å². The van der Waals surface area contributed by atoms with Crippen molar-refractivity contribution in [3.63, 3.8) is 0 Å². The van der Waals surface area contributed by atoms with Gasteiger partial charge in [-0.3, -0.25) is 4.90 Å². The SMILES string of the molecule is CC1C2N(C)C(=O)N(C)C23CCCN3C(=O)N1C. The molecule has 3 heterocycles. The van der Waals surface area contributed by atoms with Gasteiger partial charge in [-0.2, -0.15) is 0 Å². The van der Waals surface area contributed by atoms with Crippen LogP contribution in [-0.2, 0) is 0 Å². The van der Waals surface area contributed by atoms with Gasteiger partial charge in [0.1, 0.15) is 5.66 Å². The van der Waals surface area contributed by atoms with Crippen LogP contribution in [0.15, 0.2) is 0 Å². The second kappa shape index (κ2) is 3.30. The van der Waals surface area contributed by atoms with Gasteiger partial charge in [-0.05, 0) is 19.8 Å². The highest BCUT2D eigenvalue weighted by Gasteiger charge is 2.66. The molecule has 0 N–H and O–H groups in total. The Bertz CT molecular complexity index is 426. The van der Waals surface area contributed by atoms with Gasteiger partial charge in [0.15, 0.2) is 0 Å². The van der Waals surface area contributed by atoms with E-state index in [4.69, 9.17) is 0 Å². The zero-order valence-electron chi connectivity index (χ0n) is 11.4. The summed E-state index contributed by atoms with van der Waals surface area (Å²) in [4.78, 5) is 31.9. The topological polar surface area (TPSA) is 47.1 Å². The lowest BCUT2D eigenvalue weighted by Gasteiger charge is -2.52. The first-order valence-electron chi connectivity index (χ1n) is 6.48. The van der Waals surface area contributed by atoms with Crippen molar-refractivity contribution >= 4 is 12.1 Å². The van der Waals surface area contributed by atoms with Crippen LogP contribution in [-0.4, -0.2) is 77.1 Å². The zero-order chi connectivity index (χ0) is 13.2. The average Bonchev–Trinajstić information content (AvgIpc) is 2.86. The molecule has 0 aromatic heterocycles. The lowest BCUT2D eigenvalue weighted by molar-refractivity contribution is -0.0331. The lowest BCUT2D eigenvalue weighted by Crippen LogP contribution is -2.72. The molecule has 18 heavy (non-hydrogen) atoms. The Morgan fingerprint density at radius 3 is 2.44 bits per heavy atom. The number of hydrogen-bond acceptors (Lipinski definition) is 2. The second-order valence-electron chi connectivity index (χ2n) is 5.67. The number of rotatable bonds is 0. The molecule has 3 aliphatic heterocycles. The molecule has 100 valence electrons. The number of nitrogens with zero attached hydrogens (tertiary/aromatic N) is 4. The Morgan fingerprint density at radius 1 is 1.11 bits per heavy atom. The van der Waals surface area contributed by atoms with Crippen LogP contribution in [0.5, 0.6) is 0 Å². The highest BCUT2D eigenvalue weighted by molar-refractivity contribution is 5.84. The van der Waals surface area contributed by atoms with E-state index in [0.717, 1.165) is 19.4 Å². The van der Waals surface area contributed by atoms with E-state index < -0.39 is 5.66 Å². The number of carbonyl (C=O) groups is 2. The molecule has 0 radical (unpaired) electrons. The van der Waals surface area contributed by atoms with Crippen molar-refractivity contribution in [2.24, 2.45) is 0 Å². The van der Waals surface area contributed by atoms with E-state index in [0.29, 0.717) is 0 Å². The minimum absolute atomic E-state index is 0.0156. The minimum atomic E-state index is -0.422. The van der Waals surface area contributed by atoms with E-state index in [9.17, 15) is 9.59 Å². The highest BCUT2D eigenvalue weighted by atomic mass is 16.2. The van der Waals surface area contributed by atoms with E-state index in [2.05, 4.69) is 0 Å². The van der Waals surface area contributed by atoms with Gasteiger partial charge < -0.3 is 14.7 Å². The Labute approximate surface area is 107 Å². The normalized spacial score (nSPS) is 39.6. The van der Waals surface area contributed by atoms with Crippen LogP contribution in [0, 0.1) is 0 Å². The molecule has 4 amide bonds. The smallest absolute Gasteiger partial charge is 0.322 e. The first-order valence-corrected chi connectivity index (χ1v) is 6.48. The summed E-state index contributed by atoms with van der Waals surface area (Å²) in [6.07, 6.45) is 1.85. The number of urea groups is 2. The molecule has 0 saturated carbocycles. The summed E-state index contributed by atoms with van der Waals surface area (Å²) in [5, 5.41) is 0. The number of hydrogen-bond donors (Lipinski definition) is 0. The average molecular weight is 252 g/mol. The van der Waals surface area contributed by atoms with Gasteiger partial charge in [-0.1, -0.05) is 0 Å². The van der Waals surface area contributed by atoms with Gasteiger partial charge in [0.25, 0.3) is 0 Å². The molecule has 0 aliphatic carbocycles. The van der Waals surface area contributed by atoms with Crippen LogP contribution >= 0.6 is 0 Å². The van der Waals surface area contributed by atoms with Crippen LogP contribution in [0.1, 0.15) is 19.8 Å². The van der Waals surface area contributed by atoms with Gasteiger partial charge in [0, 0.05) is 27.7 Å². The van der Waals surface area contributed by atoms with Crippen molar-refractivity contribution in [2.75, 3.05) is 27.7 Å². The first kappa shape index (κ1) is 11.6. The maximum Gasteiger partial charge on any atom is 0.322 e. The summed E-state index contributed by atoms with van der Waals surface area (Å²) >= 11 is 0. The summed E-state index contributed by atoms with van der Waals surface area (Å²) < 4.78 is 0. The third kappa shape index (κ3) is 1.00. The van der Waals surface area contributed by atoms with Crippen molar-refractivity contribution in [2.45, 2.75) is 37.5 Å². The molecule has 3 unspecified atom stereocenters. The Kier molecular flexibility index (Phi) is 2.13. The monoisotopic (exact) mass is 252 g/mol. The van der Waals surface area contributed by atoms with Gasteiger partial charge in [-0.25, -0.2) is 9.59 Å². The molecule has 0 aromatic rings. The highest BCUT2D eigenvalue weighted by Crippen LogP contribution is 2.47. The molecular formula is C12H20N4O2. The molecule has 0 bridgehead atoms. The fourth-order valence-corrected chi connectivity index (χ4v) is 4.06. The zero-order valence-corrected chi connectivity index (χ0v) is 11.4. The summed E-state index contributed by atoms with van der Waals surface area (Å²) in [6.45, 7) is 2.78. The maximum atomic E-state index is 12.4. The van der Waals surface area contributed by atoms with E-state index in [1.54, 1.807) is 14.7 Å². The summed E-state index contributed by atoms with van der Waals surface area (Å²) in [5.41, 5.74) is -0.422. The predicted octanol–water partition coefficient (Wildman–Crippen LogP) is 0.598. The molecule has 3 aliphatic rings. The largest absolute Gasteiger partial charge is 0.323 e. The fourth-order valence-electron chi connectivity index (χ4n) is 4.06. The number of carbonyl (C=O) groups excluding carboxylic acids is 2. The third-order valence-electron chi connectivity index (χ3n) is 5.05. The molecule has 6 heteroatoms. The molecule has 6 nitrogen and oxygen atoms in total. The third-order valence-corrected chi connectivity index (χ3v) is 5.05. The van der Waals surface area contributed by atoms with Crippen LogP contribution in [0.2, 0.25) is 0 Å². The van der Waals surface area contributed by atoms with Crippen LogP contribution < -0.4 is 0 Å². The van der Waals surface area contributed by atoms with Crippen LogP contribution in [0.25, 0.3) is 0 Å². The Balaban J connectivity index is 2.15. The minimum Gasteiger partial charge on any atom is -0.323 e. The van der Waals surface area contributed by atoms with Crippen molar-refractivity contribution in [3.05, 3.63) is 0 Å². The van der Waals surface area contributed by atoms with Crippen molar-refractivity contribution in [1.82, 2.24) is 19.6 Å². The first-order chi connectivity index (χ1) is 8.43. The van der Waals surface area contributed by atoms with E-state index in [1.807, 2.05) is 33.0 Å². The molecule has 3 atom stereocenters. The second-order valence-corrected chi connectivity index (χ2v) is 5.67. The molecular weight excluding hydrogens is 232 g/mol. The summed E-state index contributed by atoms with van der Waals surface area (Å²) in [7, 11) is 5.49. The maximum absolute atomic E-state index is 12.4. The molecule has 1 spiro atoms. The fraction of sp³-hybridized carbons (Fsp3) is 0.833. The summed E-state index contributed by atoms with van der Waals surface area (Å²) in [5.74, 6) is 0. The molecule has 0 aromatic carbocycles. The van der Waals surface area contributed by atoms with Crippen LogP contribution in [0.4, 0.5) is 9.59 Å². The van der Waals surface area contributed by atoms with Gasteiger partial charge in [0.2, 0.25) is 0 Å². The quantitative estimate of drug-likeness (QED) is 0.634. The van der Waals surface area contributed by atoms with Crippen molar-refractivity contribution < 1.29 is 9.59 Å². The van der Waals surface area contributed by atoms with Crippen LogP contribution in [0.3, 0.4) is 0 Å². The molecule has 3 rings (SSSR count). The summed E-state index contributed by atoms with van der Waals surface area (Å²) in [6, 6.07) is 0.166.